The van der Waals surface area contributed by atoms with Crippen LogP contribution in [-0.4, -0.2) is 68.9 Å². The summed E-state index contributed by atoms with van der Waals surface area (Å²) < 4.78 is 17.3. The predicted molar refractivity (Wildman–Crippen MR) is 98.7 cm³/mol. The third kappa shape index (κ3) is 5.19. The summed E-state index contributed by atoms with van der Waals surface area (Å²) in [5.74, 6) is 2.26. The van der Waals surface area contributed by atoms with Crippen LogP contribution < -0.4 is 0 Å². The van der Waals surface area contributed by atoms with Crippen LogP contribution in [0.2, 0.25) is 0 Å². The number of amides is 1. The van der Waals surface area contributed by atoms with Crippen LogP contribution in [0.5, 0.6) is 0 Å². The van der Waals surface area contributed by atoms with Crippen molar-refractivity contribution in [2.24, 2.45) is 5.92 Å². The van der Waals surface area contributed by atoms with E-state index in [0.717, 1.165) is 56.9 Å². The van der Waals surface area contributed by atoms with Gasteiger partial charge in [-0.2, -0.15) is 0 Å². The molecule has 140 valence electrons. The fraction of sp³-hybridized carbons (Fsp3) is 0.944. The molecule has 0 unspecified atom stereocenters. The minimum absolute atomic E-state index is 0.169. The van der Waals surface area contributed by atoms with E-state index in [4.69, 9.17) is 4.74 Å². The Morgan fingerprint density at radius 2 is 1.67 bits per heavy atom. The van der Waals surface area contributed by atoms with E-state index >= 15 is 0 Å². The quantitative estimate of drug-likeness (QED) is 0.778. The SMILES string of the molecule is CC(C)CC1(N2CCN(C(=O)OC(C)(C)C)CC2)CCS(=O)CC1. The highest BCUT2D eigenvalue weighted by atomic mass is 32.2. The summed E-state index contributed by atoms with van der Waals surface area (Å²) in [5.41, 5.74) is -0.275. The van der Waals surface area contributed by atoms with Crippen molar-refractivity contribution in [1.29, 1.82) is 0 Å². The molecule has 0 aromatic rings. The van der Waals surface area contributed by atoms with Crippen LogP contribution in [0.4, 0.5) is 4.79 Å². The van der Waals surface area contributed by atoms with Gasteiger partial charge in [0.05, 0.1) is 0 Å². The van der Waals surface area contributed by atoms with Crippen molar-refractivity contribution >= 4 is 16.9 Å². The molecule has 1 amide bonds. The van der Waals surface area contributed by atoms with Crippen LogP contribution in [0.15, 0.2) is 0 Å². The first-order valence-electron chi connectivity index (χ1n) is 9.19. The molecule has 5 nitrogen and oxygen atoms in total. The standard InChI is InChI=1S/C18H34N2O3S/c1-15(2)14-18(6-12-24(22)13-7-18)20-10-8-19(9-11-20)16(21)23-17(3,4)5/h15H,6-14H2,1-5H3. The zero-order valence-corrected chi connectivity index (χ0v) is 16.8. The lowest BCUT2D eigenvalue weighted by Gasteiger charge is -2.50. The summed E-state index contributed by atoms with van der Waals surface area (Å²) in [6, 6.07) is 0. The normalized spacial score (nSPS) is 29.8. The van der Waals surface area contributed by atoms with Crippen LogP contribution in [0.1, 0.15) is 53.9 Å². The smallest absolute Gasteiger partial charge is 0.410 e. The highest BCUT2D eigenvalue weighted by Gasteiger charge is 2.41. The van der Waals surface area contributed by atoms with Crippen molar-refractivity contribution in [2.75, 3.05) is 37.7 Å². The third-order valence-electron chi connectivity index (χ3n) is 4.98. The molecule has 2 fully saturated rings. The molecule has 0 spiro atoms. The van der Waals surface area contributed by atoms with Gasteiger partial charge in [-0.15, -0.1) is 0 Å². The van der Waals surface area contributed by atoms with Gasteiger partial charge in [0, 0.05) is 54.0 Å². The van der Waals surface area contributed by atoms with Crippen molar-refractivity contribution in [3.05, 3.63) is 0 Å². The summed E-state index contributed by atoms with van der Waals surface area (Å²) >= 11 is 0. The van der Waals surface area contributed by atoms with Gasteiger partial charge < -0.3 is 9.64 Å². The van der Waals surface area contributed by atoms with Gasteiger partial charge in [0.25, 0.3) is 0 Å². The zero-order chi connectivity index (χ0) is 18.0. The van der Waals surface area contributed by atoms with E-state index in [-0.39, 0.29) is 11.6 Å². The molecule has 6 heteroatoms. The minimum Gasteiger partial charge on any atom is -0.444 e. The van der Waals surface area contributed by atoms with Gasteiger partial charge in [-0.3, -0.25) is 9.11 Å². The van der Waals surface area contributed by atoms with Gasteiger partial charge in [-0.25, -0.2) is 4.79 Å². The van der Waals surface area contributed by atoms with Crippen LogP contribution in [0, 0.1) is 5.92 Å². The minimum atomic E-state index is -0.643. The monoisotopic (exact) mass is 358 g/mol. The van der Waals surface area contributed by atoms with E-state index in [1.165, 1.54) is 0 Å². The first kappa shape index (κ1) is 19.7. The second-order valence-electron chi connectivity index (χ2n) is 8.62. The Labute approximate surface area is 149 Å². The third-order valence-corrected chi connectivity index (χ3v) is 6.30. The van der Waals surface area contributed by atoms with Crippen molar-refractivity contribution in [1.82, 2.24) is 9.80 Å². The van der Waals surface area contributed by atoms with Gasteiger partial charge in [0.2, 0.25) is 0 Å². The molecule has 2 aliphatic heterocycles. The summed E-state index contributed by atoms with van der Waals surface area (Å²) in [6.07, 6.45) is 2.98. The maximum atomic E-state index is 12.2. The summed E-state index contributed by atoms with van der Waals surface area (Å²) in [7, 11) is -0.643. The predicted octanol–water partition coefficient (Wildman–Crippen LogP) is 2.87. The number of nitrogens with zero attached hydrogens (tertiary/aromatic N) is 2. The highest BCUT2D eigenvalue weighted by Crippen LogP contribution is 2.35. The van der Waals surface area contributed by atoms with E-state index in [1.807, 2.05) is 25.7 Å². The molecule has 0 aromatic carbocycles. The van der Waals surface area contributed by atoms with Gasteiger partial charge in [-0.1, -0.05) is 13.8 Å². The summed E-state index contributed by atoms with van der Waals surface area (Å²) in [6.45, 7) is 13.5. The molecule has 0 N–H and O–H groups in total. The number of ether oxygens (including phenoxy) is 1. The van der Waals surface area contributed by atoms with Crippen molar-refractivity contribution in [2.45, 2.75) is 65.0 Å². The Morgan fingerprint density at radius 3 is 2.12 bits per heavy atom. The average Bonchev–Trinajstić information content (AvgIpc) is 2.48. The van der Waals surface area contributed by atoms with Crippen LogP contribution in [0.25, 0.3) is 0 Å². The molecule has 0 aliphatic carbocycles. The first-order valence-corrected chi connectivity index (χ1v) is 10.7. The fourth-order valence-corrected chi connectivity index (χ4v) is 5.35. The van der Waals surface area contributed by atoms with Gasteiger partial charge >= 0.3 is 6.09 Å². The molecule has 0 radical (unpaired) electrons. The molecular formula is C18H34N2O3S. The number of rotatable bonds is 3. The Kier molecular flexibility index (Phi) is 6.35. The Bertz CT molecular complexity index is 455. The topological polar surface area (TPSA) is 49.9 Å². The van der Waals surface area contributed by atoms with Crippen LogP contribution in [-0.2, 0) is 15.5 Å². The number of hydrogen-bond donors (Lipinski definition) is 0. The Hall–Kier alpha value is -0.620. The molecule has 2 saturated heterocycles. The highest BCUT2D eigenvalue weighted by molar-refractivity contribution is 7.85. The lowest BCUT2D eigenvalue weighted by molar-refractivity contribution is -0.0117. The van der Waals surface area contributed by atoms with E-state index in [0.29, 0.717) is 5.92 Å². The van der Waals surface area contributed by atoms with Crippen molar-refractivity contribution in [3.63, 3.8) is 0 Å². The molecule has 0 bridgehead atoms. The van der Waals surface area contributed by atoms with Crippen LogP contribution in [0.3, 0.4) is 0 Å². The largest absolute Gasteiger partial charge is 0.444 e. The molecule has 0 aromatic heterocycles. The number of piperazine rings is 1. The van der Waals surface area contributed by atoms with E-state index < -0.39 is 16.4 Å². The molecule has 2 rings (SSSR count). The lowest BCUT2D eigenvalue weighted by atomic mass is 9.81. The van der Waals surface area contributed by atoms with Gasteiger partial charge in [-0.05, 0) is 46.0 Å². The van der Waals surface area contributed by atoms with Gasteiger partial charge in [0.1, 0.15) is 5.60 Å². The molecule has 2 heterocycles. The Balaban J connectivity index is 1.97. The molecular weight excluding hydrogens is 324 g/mol. The molecule has 2 aliphatic rings. The van der Waals surface area contributed by atoms with E-state index in [1.54, 1.807) is 0 Å². The zero-order valence-electron chi connectivity index (χ0n) is 16.0. The number of carbonyl (C=O) groups is 1. The van der Waals surface area contributed by atoms with Crippen molar-refractivity contribution in [3.8, 4) is 0 Å². The average molecular weight is 359 g/mol. The maximum Gasteiger partial charge on any atom is 0.410 e. The van der Waals surface area contributed by atoms with Crippen molar-refractivity contribution < 1.29 is 13.7 Å². The van der Waals surface area contributed by atoms with Gasteiger partial charge in [0.15, 0.2) is 0 Å². The maximum absolute atomic E-state index is 12.2. The first-order chi connectivity index (χ1) is 11.1. The molecule has 0 atom stereocenters. The number of hydrogen-bond acceptors (Lipinski definition) is 4. The molecule has 0 saturated carbocycles. The summed E-state index contributed by atoms with van der Waals surface area (Å²) in [5, 5.41) is 0. The molecule has 24 heavy (non-hydrogen) atoms. The summed E-state index contributed by atoms with van der Waals surface area (Å²) in [4.78, 5) is 16.6. The second-order valence-corrected chi connectivity index (χ2v) is 10.3. The van der Waals surface area contributed by atoms with Crippen LogP contribution >= 0.6 is 0 Å². The fourth-order valence-electron chi connectivity index (χ4n) is 3.93. The van der Waals surface area contributed by atoms with E-state index in [2.05, 4.69) is 18.7 Å². The number of carbonyl (C=O) groups excluding carboxylic acids is 1. The lowest BCUT2D eigenvalue weighted by Crippen LogP contribution is -2.60. The Morgan fingerprint density at radius 1 is 1.12 bits per heavy atom. The second kappa shape index (κ2) is 7.73. The van der Waals surface area contributed by atoms with E-state index in [9.17, 15) is 9.00 Å².